The third-order valence-corrected chi connectivity index (χ3v) is 4.86. The number of halogens is 1. The number of sulfonamides is 1. The van der Waals surface area contributed by atoms with E-state index in [2.05, 4.69) is 20.3 Å². The molecule has 0 saturated heterocycles. The Morgan fingerprint density at radius 1 is 1.41 bits per heavy atom. The lowest BCUT2D eigenvalue weighted by atomic mass is 10.1. The number of carbonyl (C=O) groups is 1. The van der Waals surface area contributed by atoms with Crippen LogP contribution in [-0.2, 0) is 16.4 Å². The number of nitrogens with one attached hydrogen (secondary N) is 2. The number of hydrogen-bond acceptors (Lipinski definition) is 8. The Bertz CT molecular complexity index is 925. The number of aryl methyl sites for hydroxylation is 1. The molecule has 0 radical (unpaired) electrons. The van der Waals surface area contributed by atoms with Gasteiger partial charge in [0.25, 0.3) is 10.0 Å². The maximum atomic E-state index is 12.5. The first-order chi connectivity index (χ1) is 12.7. The lowest BCUT2D eigenvalue weighted by molar-refractivity contribution is 0.256. The van der Waals surface area contributed by atoms with Crippen molar-refractivity contribution in [2.24, 2.45) is 0 Å². The third kappa shape index (κ3) is 5.74. The number of carbonyl (C=O) groups excluding carboxylic acids is 1. The van der Waals surface area contributed by atoms with Crippen molar-refractivity contribution in [3.05, 3.63) is 35.7 Å². The molecule has 2 amide bonds. The molecular weight excluding hydrogens is 398 g/mol. The van der Waals surface area contributed by atoms with Crippen LogP contribution < -0.4 is 14.8 Å². The zero-order chi connectivity index (χ0) is 20.0. The second-order valence-corrected chi connectivity index (χ2v) is 7.60. The summed E-state index contributed by atoms with van der Waals surface area (Å²) in [5, 5.41) is 10.2. The number of alkyl halides is 1. The third-order valence-electron chi connectivity index (χ3n) is 3.24. The van der Waals surface area contributed by atoms with E-state index in [1.807, 2.05) is 4.72 Å². The Hall–Kier alpha value is -2.50. The van der Waals surface area contributed by atoms with Crippen LogP contribution in [0.25, 0.3) is 0 Å². The van der Waals surface area contributed by atoms with Crippen LogP contribution in [0.2, 0.25) is 0 Å². The fourth-order valence-electron chi connectivity index (χ4n) is 2.12. The Morgan fingerprint density at radius 2 is 2.15 bits per heavy atom. The summed E-state index contributed by atoms with van der Waals surface area (Å²) >= 11 is 5.88. The summed E-state index contributed by atoms with van der Waals surface area (Å²) < 4.78 is 31.8. The molecule has 2 aromatic rings. The van der Waals surface area contributed by atoms with Crippen LogP contribution >= 0.6 is 11.6 Å². The molecule has 27 heavy (non-hydrogen) atoms. The van der Waals surface area contributed by atoms with E-state index in [-0.39, 0.29) is 35.4 Å². The molecule has 3 N–H and O–H groups in total. The molecule has 0 bridgehead atoms. The van der Waals surface area contributed by atoms with E-state index in [9.17, 15) is 13.2 Å². The highest BCUT2D eigenvalue weighted by molar-refractivity contribution is 7.90. The Balaban J connectivity index is 2.19. The van der Waals surface area contributed by atoms with Crippen molar-refractivity contribution in [1.29, 1.82) is 0 Å². The molecular formula is C15H18ClN5O5S. The molecule has 0 aliphatic rings. The van der Waals surface area contributed by atoms with E-state index in [4.69, 9.17) is 21.4 Å². The number of nitrogens with zero attached hydrogens (tertiary/aromatic N) is 3. The van der Waals surface area contributed by atoms with Gasteiger partial charge in [-0.25, -0.2) is 19.5 Å². The van der Waals surface area contributed by atoms with Crippen molar-refractivity contribution in [1.82, 2.24) is 19.7 Å². The number of rotatable bonds is 7. The molecule has 0 saturated carbocycles. The van der Waals surface area contributed by atoms with E-state index in [1.165, 1.54) is 25.4 Å². The molecule has 0 aliphatic carbocycles. The number of aliphatic hydroxyl groups excluding tert-OH is 1. The zero-order valence-corrected chi connectivity index (χ0v) is 16.1. The number of aromatic nitrogens is 3. The van der Waals surface area contributed by atoms with Gasteiger partial charge in [-0.3, -0.25) is 5.32 Å². The number of ether oxygens (including phenoxy) is 1. The summed E-state index contributed by atoms with van der Waals surface area (Å²) in [6.45, 7) is 1.32. The average Bonchev–Trinajstić information content (AvgIpc) is 2.60. The van der Waals surface area contributed by atoms with E-state index >= 15 is 0 Å². The number of methoxy groups -OCH3 is 1. The van der Waals surface area contributed by atoms with E-state index in [0.717, 1.165) is 0 Å². The molecule has 2 heterocycles. The number of aliphatic hydroxyl groups is 1. The van der Waals surface area contributed by atoms with Gasteiger partial charge in [0.15, 0.2) is 5.03 Å². The summed E-state index contributed by atoms with van der Waals surface area (Å²) in [5.74, 6) is 0.0896. The molecule has 1 atom stereocenters. The largest absolute Gasteiger partial charge is 0.481 e. The molecule has 146 valence electrons. The summed E-state index contributed by atoms with van der Waals surface area (Å²) in [5.41, 5.74) is 0.782. The number of hydrogen-bond donors (Lipinski definition) is 3. The van der Waals surface area contributed by atoms with Gasteiger partial charge < -0.3 is 9.84 Å². The number of urea groups is 1. The number of anilines is 1. The molecule has 2 rings (SSSR count). The van der Waals surface area contributed by atoms with Gasteiger partial charge in [-0.1, -0.05) is 6.07 Å². The number of pyridine rings is 1. The molecule has 12 heteroatoms. The molecule has 0 fully saturated rings. The van der Waals surface area contributed by atoms with Gasteiger partial charge in [-0.15, -0.1) is 11.6 Å². The molecule has 0 spiro atoms. The highest BCUT2D eigenvalue weighted by Crippen LogP contribution is 2.17. The summed E-state index contributed by atoms with van der Waals surface area (Å²) in [7, 11) is -2.89. The maximum Gasteiger partial charge on any atom is 0.335 e. The van der Waals surface area contributed by atoms with Crippen molar-refractivity contribution in [3.63, 3.8) is 0 Å². The van der Waals surface area contributed by atoms with Crippen molar-refractivity contribution in [2.45, 2.75) is 23.7 Å². The first kappa shape index (κ1) is 20.8. The first-order valence-corrected chi connectivity index (χ1v) is 9.59. The van der Waals surface area contributed by atoms with Crippen molar-refractivity contribution in [3.8, 4) is 5.88 Å². The smallest absolute Gasteiger partial charge is 0.335 e. The quantitative estimate of drug-likeness (QED) is 0.564. The van der Waals surface area contributed by atoms with Gasteiger partial charge in [0.1, 0.15) is 0 Å². The zero-order valence-electron chi connectivity index (χ0n) is 14.5. The van der Waals surface area contributed by atoms with Crippen LogP contribution in [-0.4, -0.2) is 53.6 Å². The molecule has 0 aromatic carbocycles. The van der Waals surface area contributed by atoms with Gasteiger partial charge in [0, 0.05) is 18.0 Å². The normalized spacial score (nSPS) is 12.3. The molecule has 0 aliphatic heterocycles. The predicted molar refractivity (Wildman–Crippen MR) is 97.3 cm³/mol. The molecule has 1 unspecified atom stereocenters. The minimum atomic E-state index is -4.29. The standard InChI is InChI=1S/C15H18ClN5O5S/c1-9-6-12(26-2)19-14(18-9)20-15(23)21-27(24,25)13-10(4-3-5-17-13)7-11(16)8-22/h3-6,11,22H,7-8H2,1-2H3,(H2,18,19,20,21,23). The van der Waals surface area contributed by atoms with E-state index in [1.54, 1.807) is 13.0 Å². The highest BCUT2D eigenvalue weighted by Gasteiger charge is 2.24. The Kier molecular flexibility index (Phi) is 6.88. The van der Waals surface area contributed by atoms with Gasteiger partial charge in [0.2, 0.25) is 11.8 Å². The first-order valence-electron chi connectivity index (χ1n) is 7.67. The Labute approximate surface area is 161 Å². The monoisotopic (exact) mass is 415 g/mol. The molecule has 10 nitrogen and oxygen atoms in total. The minimum absolute atomic E-state index is 0.0575. The highest BCUT2D eigenvalue weighted by atomic mass is 35.5. The fraction of sp³-hybridized carbons (Fsp3) is 0.333. The number of amides is 2. The summed E-state index contributed by atoms with van der Waals surface area (Å²) in [4.78, 5) is 23.8. The average molecular weight is 416 g/mol. The van der Waals surface area contributed by atoms with E-state index < -0.39 is 21.4 Å². The minimum Gasteiger partial charge on any atom is -0.481 e. The maximum absolute atomic E-state index is 12.5. The van der Waals surface area contributed by atoms with Crippen LogP contribution in [0.15, 0.2) is 29.4 Å². The van der Waals surface area contributed by atoms with Crippen LogP contribution in [0.3, 0.4) is 0 Å². The lowest BCUT2D eigenvalue weighted by Crippen LogP contribution is -2.36. The lowest BCUT2D eigenvalue weighted by Gasteiger charge is -2.12. The van der Waals surface area contributed by atoms with Crippen LogP contribution in [0.4, 0.5) is 10.7 Å². The van der Waals surface area contributed by atoms with E-state index in [0.29, 0.717) is 5.69 Å². The second kappa shape index (κ2) is 8.93. The Morgan fingerprint density at radius 3 is 2.81 bits per heavy atom. The van der Waals surface area contributed by atoms with Crippen LogP contribution in [0, 0.1) is 6.92 Å². The van der Waals surface area contributed by atoms with Gasteiger partial charge in [-0.05, 0) is 25.0 Å². The topological polar surface area (TPSA) is 143 Å². The van der Waals surface area contributed by atoms with Crippen molar-refractivity contribution < 1.29 is 23.1 Å². The van der Waals surface area contributed by atoms with Crippen molar-refractivity contribution >= 4 is 33.6 Å². The predicted octanol–water partition coefficient (Wildman–Crippen LogP) is 0.841. The van der Waals surface area contributed by atoms with Crippen LogP contribution in [0.1, 0.15) is 11.3 Å². The molecule has 2 aromatic heterocycles. The fourth-order valence-corrected chi connectivity index (χ4v) is 3.38. The van der Waals surface area contributed by atoms with Crippen LogP contribution in [0.5, 0.6) is 5.88 Å². The summed E-state index contributed by atoms with van der Waals surface area (Å²) in [6.07, 6.45) is 1.33. The SMILES string of the molecule is COc1cc(C)nc(NC(=O)NS(=O)(=O)c2ncccc2CC(Cl)CO)n1. The second-order valence-electron chi connectivity index (χ2n) is 5.39. The van der Waals surface area contributed by atoms with Gasteiger partial charge >= 0.3 is 6.03 Å². The van der Waals surface area contributed by atoms with Gasteiger partial charge in [-0.2, -0.15) is 13.4 Å². The van der Waals surface area contributed by atoms with Crippen molar-refractivity contribution in [2.75, 3.05) is 19.0 Å². The summed E-state index contributed by atoms with van der Waals surface area (Å²) in [6, 6.07) is 3.51. The van der Waals surface area contributed by atoms with Gasteiger partial charge in [0.05, 0.1) is 19.1 Å².